The number of hydrogen-bond donors (Lipinski definition) is 2. The minimum atomic E-state index is -0.319. The average molecular weight is 330 g/mol. The summed E-state index contributed by atoms with van der Waals surface area (Å²) in [4.78, 5) is 0. The van der Waals surface area contributed by atoms with Gasteiger partial charge in [0.15, 0.2) is 0 Å². The van der Waals surface area contributed by atoms with Gasteiger partial charge in [0.25, 0.3) is 0 Å². The normalized spacial score (nSPS) is 25.2. The van der Waals surface area contributed by atoms with Crippen LogP contribution in [0.1, 0.15) is 47.4 Å². The molecule has 3 aliphatic rings. The van der Waals surface area contributed by atoms with Crippen molar-refractivity contribution >= 4 is 12.4 Å². The molecule has 0 amide bonds. The highest BCUT2D eigenvalue weighted by molar-refractivity contribution is 5.85. The van der Waals surface area contributed by atoms with Crippen molar-refractivity contribution in [1.29, 1.82) is 0 Å². The first kappa shape index (κ1) is 16.5. The zero-order valence-corrected chi connectivity index (χ0v) is 14.3. The lowest BCUT2D eigenvalue weighted by atomic mass is 9.53. The molecular weight excluding hydrogens is 306 g/mol. The number of likely N-dealkylation sites (N-methyl/N-ethyl adjacent to an activating group) is 1. The molecule has 0 radical (unpaired) electrons. The molecule has 0 saturated carbocycles. The third-order valence-corrected chi connectivity index (χ3v) is 5.59. The Morgan fingerprint density at radius 3 is 2.22 bits per heavy atom. The van der Waals surface area contributed by atoms with Gasteiger partial charge < -0.3 is 10.4 Å². The second kappa shape index (κ2) is 6.27. The van der Waals surface area contributed by atoms with Gasteiger partial charge in [-0.15, -0.1) is 12.4 Å². The van der Waals surface area contributed by atoms with Gasteiger partial charge in [0, 0.05) is 17.9 Å². The third kappa shape index (κ3) is 2.40. The summed E-state index contributed by atoms with van der Waals surface area (Å²) >= 11 is 0. The van der Waals surface area contributed by atoms with Gasteiger partial charge >= 0.3 is 0 Å². The summed E-state index contributed by atoms with van der Waals surface area (Å²) in [5.41, 5.74) is 5.83. The summed E-state index contributed by atoms with van der Waals surface area (Å²) in [5, 5.41) is 13.6. The van der Waals surface area contributed by atoms with E-state index in [4.69, 9.17) is 0 Å². The highest BCUT2D eigenvalue weighted by Crippen LogP contribution is 2.57. The zero-order valence-electron chi connectivity index (χ0n) is 13.5. The lowest BCUT2D eigenvalue weighted by Gasteiger charge is -2.50. The van der Waals surface area contributed by atoms with Crippen LogP contribution in [0.2, 0.25) is 0 Å². The van der Waals surface area contributed by atoms with Crippen molar-refractivity contribution in [2.24, 2.45) is 0 Å². The van der Waals surface area contributed by atoms with Crippen LogP contribution in [0.4, 0.5) is 0 Å². The Kier molecular flexibility index (Phi) is 4.50. The molecule has 0 heterocycles. The quantitative estimate of drug-likeness (QED) is 0.898. The maximum Gasteiger partial charge on any atom is 0.0676 e. The van der Waals surface area contributed by atoms with Crippen molar-refractivity contribution in [2.75, 3.05) is 13.6 Å². The fraction of sp³-hybridized carbons (Fsp3) is 0.400. The molecule has 0 aromatic heterocycles. The van der Waals surface area contributed by atoms with E-state index in [1.165, 1.54) is 28.7 Å². The lowest BCUT2D eigenvalue weighted by molar-refractivity contribution is 0.130. The molecule has 2 N–H and O–H groups in total. The Labute approximate surface area is 144 Å². The van der Waals surface area contributed by atoms with E-state index in [1.54, 1.807) is 0 Å². The molecular formula is C20H24ClNO. The third-order valence-electron chi connectivity index (χ3n) is 5.59. The Balaban J connectivity index is 0.00000156. The summed E-state index contributed by atoms with van der Waals surface area (Å²) in [5.74, 6) is 0.538. The van der Waals surface area contributed by atoms with Crippen molar-refractivity contribution < 1.29 is 5.11 Å². The molecule has 0 unspecified atom stereocenters. The summed E-state index contributed by atoms with van der Waals surface area (Å²) in [6.07, 6.45) is 2.82. The van der Waals surface area contributed by atoms with Crippen LogP contribution < -0.4 is 5.32 Å². The van der Waals surface area contributed by atoms with E-state index in [-0.39, 0.29) is 23.9 Å². The largest absolute Gasteiger partial charge is 0.392 e. The molecule has 1 atom stereocenters. The maximum atomic E-state index is 10.5. The number of aliphatic hydroxyl groups excluding tert-OH is 1. The predicted octanol–water partition coefficient (Wildman–Crippen LogP) is 3.60. The van der Waals surface area contributed by atoms with Crippen LogP contribution in [-0.2, 0) is 5.41 Å². The molecule has 2 aromatic rings. The van der Waals surface area contributed by atoms with Crippen LogP contribution in [0.3, 0.4) is 0 Å². The number of rotatable bonds is 4. The monoisotopic (exact) mass is 329 g/mol. The molecule has 0 aliphatic heterocycles. The van der Waals surface area contributed by atoms with E-state index >= 15 is 0 Å². The maximum absolute atomic E-state index is 10.5. The second-order valence-corrected chi connectivity index (χ2v) is 6.76. The highest BCUT2D eigenvalue weighted by Gasteiger charge is 2.48. The molecule has 3 aliphatic carbocycles. The highest BCUT2D eigenvalue weighted by atomic mass is 35.5. The van der Waals surface area contributed by atoms with Crippen molar-refractivity contribution in [1.82, 2.24) is 5.32 Å². The first-order valence-corrected chi connectivity index (χ1v) is 8.28. The van der Waals surface area contributed by atoms with Gasteiger partial charge in [-0.1, -0.05) is 48.5 Å². The Bertz CT molecular complexity index is 652. The van der Waals surface area contributed by atoms with Gasteiger partial charge in [-0.2, -0.15) is 0 Å². The Hall–Kier alpha value is -1.35. The zero-order chi connectivity index (χ0) is 15.2. The van der Waals surface area contributed by atoms with E-state index in [1.807, 2.05) is 7.05 Å². The topological polar surface area (TPSA) is 32.3 Å². The summed E-state index contributed by atoms with van der Waals surface area (Å²) in [6.45, 7) is 0.648. The molecule has 3 heteroatoms. The number of aliphatic hydroxyl groups is 1. The van der Waals surface area contributed by atoms with E-state index in [9.17, 15) is 5.11 Å². The van der Waals surface area contributed by atoms with E-state index in [0.717, 1.165) is 12.8 Å². The number of halogens is 1. The molecule has 23 heavy (non-hydrogen) atoms. The SMILES string of the molecule is CNC[C@@H](O)CC12CCC(c3ccccc31)c1ccccc12.Cl. The van der Waals surface area contributed by atoms with E-state index in [0.29, 0.717) is 12.5 Å². The van der Waals surface area contributed by atoms with Crippen molar-refractivity contribution in [3.8, 4) is 0 Å². The van der Waals surface area contributed by atoms with Crippen molar-refractivity contribution in [2.45, 2.75) is 36.7 Å². The molecule has 0 spiro atoms. The van der Waals surface area contributed by atoms with Crippen LogP contribution in [-0.4, -0.2) is 24.8 Å². The van der Waals surface area contributed by atoms with Gasteiger partial charge in [-0.3, -0.25) is 0 Å². The summed E-state index contributed by atoms with van der Waals surface area (Å²) in [6, 6.07) is 17.7. The fourth-order valence-electron chi connectivity index (χ4n) is 4.79. The molecule has 0 fully saturated rings. The van der Waals surface area contributed by atoms with Gasteiger partial charge in [-0.25, -0.2) is 0 Å². The Morgan fingerprint density at radius 1 is 1.09 bits per heavy atom. The first-order valence-electron chi connectivity index (χ1n) is 8.28. The van der Waals surface area contributed by atoms with Gasteiger partial charge in [0.2, 0.25) is 0 Å². The second-order valence-electron chi connectivity index (χ2n) is 6.76. The minimum absolute atomic E-state index is 0. The molecule has 5 rings (SSSR count). The predicted molar refractivity (Wildman–Crippen MR) is 96.5 cm³/mol. The van der Waals surface area contributed by atoms with E-state index in [2.05, 4.69) is 53.8 Å². The van der Waals surface area contributed by atoms with Crippen LogP contribution >= 0.6 is 12.4 Å². The molecule has 2 nitrogen and oxygen atoms in total. The summed E-state index contributed by atoms with van der Waals surface area (Å²) in [7, 11) is 1.90. The molecule has 2 aromatic carbocycles. The van der Waals surface area contributed by atoms with Crippen LogP contribution in [0.5, 0.6) is 0 Å². The number of nitrogens with one attached hydrogen (secondary N) is 1. The molecule has 0 saturated heterocycles. The number of hydrogen-bond acceptors (Lipinski definition) is 2. The number of fused-ring (bicyclic) bond motifs is 1. The molecule has 122 valence electrons. The molecule has 2 bridgehead atoms. The van der Waals surface area contributed by atoms with Crippen LogP contribution in [0, 0.1) is 0 Å². The first-order chi connectivity index (χ1) is 10.8. The fourth-order valence-corrected chi connectivity index (χ4v) is 4.79. The van der Waals surface area contributed by atoms with Crippen LogP contribution in [0.15, 0.2) is 48.5 Å². The van der Waals surface area contributed by atoms with Crippen molar-refractivity contribution in [3.63, 3.8) is 0 Å². The van der Waals surface area contributed by atoms with Gasteiger partial charge in [-0.05, 0) is 48.6 Å². The standard InChI is InChI=1S/C20H23NO.ClH/c1-21-13-14(22)12-20-11-10-15(16-6-2-4-8-18(16)20)17-7-3-5-9-19(17)20;/h2-9,14-15,21-22H,10-13H2,1H3;1H/t14-,15?,20?;/m0./s1. The average Bonchev–Trinajstić information content (AvgIpc) is 2.56. The summed E-state index contributed by atoms with van der Waals surface area (Å²) < 4.78 is 0. The van der Waals surface area contributed by atoms with Gasteiger partial charge in [0.1, 0.15) is 0 Å². The van der Waals surface area contributed by atoms with E-state index < -0.39 is 0 Å². The Morgan fingerprint density at radius 2 is 1.65 bits per heavy atom. The smallest absolute Gasteiger partial charge is 0.0676 e. The number of benzene rings is 2. The van der Waals surface area contributed by atoms with Crippen molar-refractivity contribution in [3.05, 3.63) is 70.8 Å². The minimum Gasteiger partial charge on any atom is -0.392 e. The lowest BCUT2D eigenvalue weighted by Crippen LogP contribution is -2.43. The van der Waals surface area contributed by atoms with Crippen LogP contribution in [0.25, 0.3) is 0 Å². The van der Waals surface area contributed by atoms with Gasteiger partial charge in [0.05, 0.1) is 6.10 Å².